The molecule has 0 bridgehead atoms. The molecule has 1 N–H and O–H groups in total. The Bertz CT molecular complexity index is 520. The van der Waals surface area contributed by atoms with Crippen LogP contribution in [0.3, 0.4) is 0 Å². The third-order valence-electron chi connectivity index (χ3n) is 3.24. The van der Waals surface area contributed by atoms with E-state index in [9.17, 15) is 5.11 Å². The first-order chi connectivity index (χ1) is 9.04. The Morgan fingerprint density at radius 1 is 1.37 bits per heavy atom. The molecule has 0 fully saturated rings. The van der Waals surface area contributed by atoms with Gasteiger partial charge in [0.1, 0.15) is 0 Å². The van der Waals surface area contributed by atoms with Gasteiger partial charge in [-0.15, -0.1) is 11.3 Å². The van der Waals surface area contributed by atoms with E-state index in [0.717, 1.165) is 15.7 Å². The third-order valence-corrected chi connectivity index (χ3v) is 5.43. The molecule has 0 saturated heterocycles. The number of aromatic nitrogens is 1. The Kier molecular flexibility index (Phi) is 4.60. The van der Waals surface area contributed by atoms with Crippen molar-refractivity contribution in [3.63, 3.8) is 0 Å². The van der Waals surface area contributed by atoms with E-state index in [1.165, 1.54) is 4.88 Å². The van der Waals surface area contributed by atoms with Gasteiger partial charge in [-0.2, -0.15) is 0 Å². The minimum absolute atomic E-state index is 0.0758. The van der Waals surface area contributed by atoms with Crippen LogP contribution in [0.4, 0.5) is 5.13 Å². The van der Waals surface area contributed by atoms with Gasteiger partial charge in [-0.3, -0.25) is 0 Å². The van der Waals surface area contributed by atoms with Crippen LogP contribution in [0.15, 0.2) is 17.5 Å². The van der Waals surface area contributed by atoms with Gasteiger partial charge in [-0.05, 0) is 24.3 Å². The highest BCUT2D eigenvalue weighted by atomic mass is 32.1. The number of aliphatic hydroxyl groups excluding tert-OH is 1. The summed E-state index contributed by atoms with van der Waals surface area (Å²) in [5, 5.41) is 12.5. The van der Waals surface area contributed by atoms with Crippen LogP contribution < -0.4 is 4.90 Å². The van der Waals surface area contributed by atoms with Crippen molar-refractivity contribution in [1.29, 1.82) is 0 Å². The number of thiophene rings is 1. The summed E-state index contributed by atoms with van der Waals surface area (Å²) in [6, 6.07) is 4.53. The van der Waals surface area contributed by atoms with Gasteiger partial charge in [0.15, 0.2) is 5.13 Å². The molecule has 1 unspecified atom stereocenters. The first-order valence-electron chi connectivity index (χ1n) is 6.41. The molecule has 0 radical (unpaired) electrons. The molecule has 0 amide bonds. The lowest BCUT2D eigenvalue weighted by Crippen LogP contribution is -2.20. The molecule has 2 aromatic heterocycles. The second kappa shape index (κ2) is 6.03. The second-order valence-electron chi connectivity index (χ2n) is 4.92. The molecule has 2 heterocycles. The van der Waals surface area contributed by atoms with E-state index < -0.39 is 0 Å². The number of hydrogen-bond acceptors (Lipinski definition) is 5. The van der Waals surface area contributed by atoms with Gasteiger partial charge < -0.3 is 10.0 Å². The molecule has 1 atom stereocenters. The van der Waals surface area contributed by atoms with Crippen LogP contribution in [0.5, 0.6) is 0 Å². The quantitative estimate of drug-likeness (QED) is 0.905. The van der Waals surface area contributed by atoms with Crippen molar-refractivity contribution in [3.05, 3.63) is 33.0 Å². The van der Waals surface area contributed by atoms with E-state index in [1.807, 2.05) is 0 Å². The van der Waals surface area contributed by atoms with Crippen molar-refractivity contribution < 1.29 is 5.11 Å². The van der Waals surface area contributed by atoms with E-state index >= 15 is 0 Å². The largest absolute Gasteiger partial charge is 0.391 e. The summed E-state index contributed by atoms with van der Waals surface area (Å²) < 4.78 is 0. The first-order valence-corrected chi connectivity index (χ1v) is 8.10. The third kappa shape index (κ3) is 2.99. The summed E-state index contributed by atoms with van der Waals surface area (Å²) in [4.78, 5) is 9.19. The smallest absolute Gasteiger partial charge is 0.186 e. The van der Waals surface area contributed by atoms with Gasteiger partial charge >= 0.3 is 0 Å². The molecule has 2 aromatic rings. The van der Waals surface area contributed by atoms with Crippen LogP contribution in [0, 0.1) is 0 Å². The SMILES string of the molecule is CC(C)c1nc(N(C)C(C)c2cccs2)sc1CO. The predicted molar refractivity (Wildman–Crippen MR) is 83.3 cm³/mol. The summed E-state index contributed by atoms with van der Waals surface area (Å²) >= 11 is 3.35. The maximum atomic E-state index is 9.44. The maximum absolute atomic E-state index is 9.44. The predicted octanol–water partition coefficient (Wildman–Crippen LogP) is 4.02. The molecule has 0 aromatic carbocycles. The number of rotatable bonds is 5. The lowest BCUT2D eigenvalue weighted by atomic mass is 10.1. The fourth-order valence-corrected chi connectivity index (χ4v) is 3.89. The van der Waals surface area contributed by atoms with E-state index in [2.05, 4.69) is 50.2 Å². The maximum Gasteiger partial charge on any atom is 0.186 e. The van der Waals surface area contributed by atoms with Gasteiger partial charge in [0.25, 0.3) is 0 Å². The van der Waals surface area contributed by atoms with Crippen molar-refractivity contribution in [3.8, 4) is 0 Å². The Morgan fingerprint density at radius 3 is 2.58 bits per heavy atom. The Balaban J connectivity index is 2.26. The van der Waals surface area contributed by atoms with Crippen LogP contribution in [-0.2, 0) is 6.61 Å². The highest BCUT2D eigenvalue weighted by Crippen LogP contribution is 2.34. The van der Waals surface area contributed by atoms with E-state index in [4.69, 9.17) is 4.98 Å². The number of thiazole rings is 1. The molecule has 2 rings (SSSR count). The lowest BCUT2D eigenvalue weighted by molar-refractivity contribution is 0.283. The molecule has 19 heavy (non-hydrogen) atoms. The molecule has 0 aliphatic heterocycles. The van der Waals surface area contributed by atoms with Gasteiger partial charge in [0, 0.05) is 11.9 Å². The Labute approximate surface area is 122 Å². The molecule has 0 saturated carbocycles. The van der Waals surface area contributed by atoms with Crippen LogP contribution in [0.1, 0.15) is 48.2 Å². The molecule has 5 heteroatoms. The van der Waals surface area contributed by atoms with Crippen molar-refractivity contribution >= 4 is 27.8 Å². The standard InChI is InChI=1S/C14H20N2OS2/c1-9(2)13-12(8-17)19-14(15-13)16(4)10(3)11-6-5-7-18-11/h5-7,9-10,17H,8H2,1-4H3. The molecule has 104 valence electrons. The summed E-state index contributed by atoms with van der Waals surface area (Å²) in [5.41, 5.74) is 1.02. The fraction of sp³-hybridized carbons (Fsp3) is 0.500. The van der Waals surface area contributed by atoms with E-state index in [-0.39, 0.29) is 6.61 Å². The topological polar surface area (TPSA) is 36.4 Å². The summed E-state index contributed by atoms with van der Waals surface area (Å²) in [5.74, 6) is 0.345. The average Bonchev–Trinajstić information content (AvgIpc) is 3.05. The number of nitrogens with zero attached hydrogens (tertiary/aromatic N) is 2. The number of hydrogen-bond donors (Lipinski definition) is 1. The van der Waals surface area contributed by atoms with Gasteiger partial charge in [-0.25, -0.2) is 4.98 Å². The zero-order valence-electron chi connectivity index (χ0n) is 11.8. The molecule has 0 aliphatic rings. The van der Waals surface area contributed by atoms with Crippen LogP contribution in [0.25, 0.3) is 0 Å². The normalized spacial score (nSPS) is 12.9. The number of aliphatic hydroxyl groups is 1. The zero-order valence-corrected chi connectivity index (χ0v) is 13.4. The highest BCUT2D eigenvalue weighted by Gasteiger charge is 2.20. The second-order valence-corrected chi connectivity index (χ2v) is 6.96. The monoisotopic (exact) mass is 296 g/mol. The molecule has 0 aliphatic carbocycles. The van der Waals surface area contributed by atoms with Crippen LogP contribution >= 0.6 is 22.7 Å². The van der Waals surface area contributed by atoms with Crippen molar-refractivity contribution in [2.45, 2.75) is 39.3 Å². The van der Waals surface area contributed by atoms with Crippen molar-refractivity contribution in [1.82, 2.24) is 4.98 Å². The molecule has 0 spiro atoms. The minimum atomic E-state index is 0.0758. The summed E-state index contributed by atoms with van der Waals surface area (Å²) in [6.45, 7) is 6.48. The van der Waals surface area contributed by atoms with Gasteiger partial charge in [0.05, 0.1) is 23.2 Å². The van der Waals surface area contributed by atoms with Crippen LogP contribution in [0.2, 0.25) is 0 Å². The first kappa shape index (κ1) is 14.5. The van der Waals surface area contributed by atoms with Crippen molar-refractivity contribution in [2.75, 3.05) is 11.9 Å². The molecular formula is C14H20N2OS2. The van der Waals surface area contributed by atoms with Crippen LogP contribution in [-0.4, -0.2) is 17.1 Å². The van der Waals surface area contributed by atoms with Crippen molar-refractivity contribution in [2.24, 2.45) is 0 Å². The number of anilines is 1. The summed E-state index contributed by atoms with van der Waals surface area (Å²) in [7, 11) is 2.06. The Hall–Kier alpha value is -0.910. The summed E-state index contributed by atoms with van der Waals surface area (Å²) in [6.07, 6.45) is 0. The minimum Gasteiger partial charge on any atom is -0.391 e. The lowest BCUT2D eigenvalue weighted by Gasteiger charge is -2.23. The average molecular weight is 296 g/mol. The van der Waals surface area contributed by atoms with Gasteiger partial charge in [-0.1, -0.05) is 31.3 Å². The molecule has 3 nitrogen and oxygen atoms in total. The van der Waals surface area contributed by atoms with E-state index in [0.29, 0.717) is 12.0 Å². The van der Waals surface area contributed by atoms with E-state index in [1.54, 1.807) is 22.7 Å². The highest BCUT2D eigenvalue weighted by molar-refractivity contribution is 7.15. The Morgan fingerprint density at radius 2 is 2.11 bits per heavy atom. The fourth-order valence-electron chi connectivity index (χ4n) is 1.95. The molecular weight excluding hydrogens is 276 g/mol. The zero-order chi connectivity index (χ0) is 14.0. The van der Waals surface area contributed by atoms with Gasteiger partial charge in [0.2, 0.25) is 0 Å².